The summed E-state index contributed by atoms with van der Waals surface area (Å²) >= 11 is 0. The van der Waals surface area contributed by atoms with Gasteiger partial charge in [-0.25, -0.2) is 0 Å². The maximum atomic E-state index is 13.2. The van der Waals surface area contributed by atoms with E-state index in [4.69, 9.17) is 4.74 Å². The van der Waals surface area contributed by atoms with Crippen molar-refractivity contribution in [2.45, 2.75) is 50.8 Å². The molecule has 1 spiro atoms. The number of pyridine rings is 1. The highest BCUT2D eigenvalue weighted by Gasteiger charge is 2.43. The van der Waals surface area contributed by atoms with Crippen LogP contribution in [-0.4, -0.2) is 51.8 Å². The third kappa shape index (κ3) is 3.97. The molecule has 0 unspecified atom stereocenters. The van der Waals surface area contributed by atoms with Gasteiger partial charge in [0.1, 0.15) is 11.4 Å². The molecule has 2 aromatic rings. The van der Waals surface area contributed by atoms with Gasteiger partial charge in [-0.3, -0.25) is 14.6 Å². The van der Waals surface area contributed by atoms with Crippen molar-refractivity contribution >= 4 is 11.8 Å². The predicted molar refractivity (Wildman–Crippen MR) is 109 cm³/mol. The summed E-state index contributed by atoms with van der Waals surface area (Å²) in [5.74, 6) is 0.916. The van der Waals surface area contributed by atoms with E-state index in [9.17, 15) is 9.59 Å². The molecule has 2 amide bonds. The number of carbonyl (C=O) groups excluding carboxylic acids is 2. The molecule has 1 aromatic heterocycles. The summed E-state index contributed by atoms with van der Waals surface area (Å²) in [5.41, 5.74) is 1.18. The van der Waals surface area contributed by atoms with Crippen LogP contribution in [-0.2, 0) is 11.3 Å². The highest BCUT2D eigenvalue weighted by molar-refractivity contribution is 5.94. The molecule has 0 saturated heterocycles. The van der Waals surface area contributed by atoms with E-state index in [0.29, 0.717) is 18.7 Å². The number of hydrogen-bond acceptors (Lipinski definition) is 4. The van der Waals surface area contributed by atoms with Crippen molar-refractivity contribution in [2.75, 3.05) is 13.6 Å². The molecule has 0 bridgehead atoms. The fourth-order valence-corrected chi connectivity index (χ4v) is 4.46. The first-order valence-electron chi connectivity index (χ1n) is 10.2. The first-order valence-corrected chi connectivity index (χ1v) is 10.2. The summed E-state index contributed by atoms with van der Waals surface area (Å²) < 4.78 is 6.58. The zero-order valence-electron chi connectivity index (χ0n) is 17.0. The minimum absolute atomic E-state index is 0.0271. The Morgan fingerprint density at radius 1 is 1.17 bits per heavy atom. The number of hydrogen-bond donors (Lipinski definition) is 0. The van der Waals surface area contributed by atoms with Gasteiger partial charge < -0.3 is 14.5 Å². The molecule has 6 heteroatoms. The van der Waals surface area contributed by atoms with Crippen molar-refractivity contribution in [3.05, 3.63) is 59.9 Å². The van der Waals surface area contributed by atoms with Gasteiger partial charge in [0.25, 0.3) is 5.91 Å². The Hall–Kier alpha value is -2.89. The molecule has 0 radical (unpaired) electrons. The van der Waals surface area contributed by atoms with E-state index in [1.165, 1.54) is 0 Å². The first kappa shape index (κ1) is 19.4. The van der Waals surface area contributed by atoms with Crippen LogP contribution < -0.4 is 4.74 Å². The highest BCUT2D eigenvalue weighted by Crippen LogP contribution is 2.39. The SMILES string of the molecule is CC(=O)N(C)C1CCC2(CC1)CN(C(=O)c1cccnc1)Cc1ccccc1O2. The molecule has 2 aliphatic rings. The van der Waals surface area contributed by atoms with E-state index >= 15 is 0 Å². The molecule has 1 aromatic carbocycles. The Kier molecular flexibility index (Phi) is 5.26. The second kappa shape index (κ2) is 7.85. The van der Waals surface area contributed by atoms with Crippen molar-refractivity contribution in [2.24, 2.45) is 0 Å². The summed E-state index contributed by atoms with van der Waals surface area (Å²) in [5, 5.41) is 0. The topological polar surface area (TPSA) is 62.7 Å². The monoisotopic (exact) mass is 393 g/mol. The molecule has 1 saturated carbocycles. The van der Waals surface area contributed by atoms with Crippen LogP contribution in [0.2, 0.25) is 0 Å². The Morgan fingerprint density at radius 3 is 2.62 bits per heavy atom. The van der Waals surface area contributed by atoms with E-state index < -0.39 is 5.60 Å². The standard InChI is InChI=1S/C23H27N3O3/c1-17(27)25(2)20-9-11-23(12-10-20)16-26(22(28)18-7-5-13-24-14-18)15-19-6-3-4-8-21(19)29-23/h3-8,13-14,20H,9-12,15-16H2,1-2H3. The Morgan fingerprint density at radius 2 is 1.93 bits per heavy atom. The number of ether oxygens (including phenoxy) is 1. The lowest BCUT2D eigenvalue weighted by molar-refractivity contribution is -0.131. The number of fused-ring (bicyclic) bond motifs is 1. The number of para-hydroxylation sites is 1. The Labute approximate surface area is 171 Å². The minimum Gasteiger partial charge on any atom is -0.485 e. The normalized spacial score (nSPS) is 23.7. The van der Waals surface area contributed by atoms with Crippen molar-refractivity contribution in [1.82, 2.24) is 14.8 Å². The second-order valence-corrected chi connectivity index (χ2v) is 8.16. The number of aromatic nitrogens is 1. The van der Waals surface area contributed by atoms with Crippen LogP contribution in [0.15, 0.2) is 48.8 Å². The molecule has 1 aliphatic heterocycles. The number of rotatable bonds is 2. The fraction of sp³-hybridized carbons (Fsp3) is 0.435. The lowest BCUT2D eigenvalue weighted by Gasteiger charge is -2.43. The Bertz CT molecular complexity index is 891. The quantitative estimate of drug-likeness (QED) is 0.786. The molecular formula is C23H27N3O3. The average molecular weight is 393 g/mol. The van der Waals surface area contributed by atoms with Gasteiger partial charge in [0.15, 0.2) is 0 Å². The van der Waals surface area contributed by atoms with Crippen molar-refractivity contribution in [1.29, 1.82) is 0 Å². The second-order valence-electron chi connectivity index (χ2n) is 8.16. The summed E-state index contributed by atoms with van der Waals surface area (Å²) in [6.45, 7) is 2.66. The van der Waals surface area contributed by atoms with Gasteiger partial charge >= 0.3 is 0 Å². The minimum atomic E-state index is -0.432. The molecule has 4 rings (SSSR count). The van der Waals surface area contributed by atoms with Crippen LogP contribution in [0.4, 0.5) is 0 Å². The van der Waals surface area contributed by atoms with Crippen LogP contribution in [0.25, 0.3) is 0 Å². The third-order valence-electron chi connectivity index (χ3n) is 6.25. The van der Waals surface area contributed by atoms with E-state index in [-0.39, 0.29) is 17.9 Å². The molecule has 1 fully saturated rings. The van der Waals surface area contributed by atoms with E-state index in [2.05, 4.69) is 4.98 Å². The molecule has 6 nitrogen and oxygen atoms in total. The molecule has 1 aliphatic carbocycles. The van der Waals surface area contributed by atoms with Crippen LogP contribution in [0.1, 0.15) is 48.5 Å². The number of amides is 2. The number of benzene rings is 1. The molecule has 0 atom stereocenters. The zero-order chi connectivity index (χ0) is 20.4. The van der Waals surface area contributed by atoms with Crippen molar-refractivity contribution < 1.29 is 14.3 Å². The molecule has 2 heterocycles. The van der Waals surface area contributed by atoms with Crippen LogP contribution in [0, 0.1) is 0 Å². The molecule has 0 N–H and O–H groups in total. The molecule has 29 heavy (non-hydrogen) atoms. The number of nitrogens with zero attached hydrogens (tertiary/aromatic N) is 3. The van der Waals surface area contributed by atoms with Crippen molar-refractivity contribution in [3.63, 3.8) is 0 Å². The third-order valence-corrected chi connectivity index (χ3v) is 6.25. The van der Waals surface area contributed by atoms with Crippen molar-refractivity contribution in [3.8, 4) is 5.75 Å². The smallest absolute Gasteiger partial charge is 0.255 e. The largest absolute Gasteiger partial charge is 0.485 e. The van der Waals surface area contributed by atoms with Gasteiger partial charge in [-0.05, 0) is 43.9 Å². The summed E-state index contributed by atoms with van der Waals surface area (Å²) in [7, 11) is 1.87. The first-order chi connectivity index (χ1) is 14.0. The average Bonchev–Trinajstić information content (AvgIpc) is 2.90. The lowest BCUT2D eigenvalue weighted by Crippen LogP contribution is -2.52. The maximum Gasteiger partial charge on any atom is 0.255 e. The molecule has 152 valence electrons. The number of carbonyl (C=O) groups is 2. The van der Waals surface area contributed by atoms with Gasteiger partial charge in [-0.15, -0.1) is 0 Å². The summed E-state index contributed by atoms with van der Waals surface area (Å²) in [6.07, 6.45) is 6.64. The Balaban J connectivity index is 1.61. The van der Waals surface area contributed by atoms with Gasteiger partial charge in [0, 0.05) is 44.5 Å². The highest BCUT2D eigenvalue weighted by atomic mass is 16.5. The van der Waals surface area contributed by atoms with E-state index in [1.807, 2.05) is 41.1 Å². The fourth-order valence-electron chi connectivity index (χ4n) is 4.46. The predicted octanol–water partition coefficient (Wildman–Crippen LogP) is 3.28. The molecular weight excluding hydrogens is 366 g/mol. The lowest BCUT2D eigenvalue weighted by atomic mass is 9.81. The summed E-state index contributed by atoms with van der Waals surface area (Å²) in [6, 6.07) is 11.8. The summed E-state index contributed by atoms with van der Waals surface area (Å²) in [4.78, 5) is 32.8. The van der Waals surface area contributed by atoms with Gasteiger partial charge in [-0.1, -0.05) is 18.2 Å². The van der Waals surface area contributed by atoms with E-state index in [1.54, 1.807) is 31.5 Å². The van der Waals surface area contributed by atoms with Crippen LogP contribution in [0.3, 0.4) is 0 Å². The maximum absolute atomic E-state index is 13.2. The van der Waals surface area contributed by atoms with Gasteiger partial charge in [0.05, 0.1) is 12.1 Å². The zero-order valence-corrected chi connectivity index (χ0v) is 17.0. The van der Waals surface area contributed by atoms with Gasteiger partial charge in [0.2, 0.25) is 5.91 Å². The van der Waals surface area contributed by atoms with Gasteiger partial charge in [-0.2, -0.15) is 0 Å². The van der Waals surface area contributed by atoms with Crippen LogP contribution >= 0.6 is 0 Å². The van der Waals surface area contributed by atoms with E-state index in [0.717, 1.165) is 37.0 Å². The van der Waals surface area contributed by atoms with Crippen LogP contribution in [0.5, 0.6) is 5.75 Å².